The average Bonchev–Trinajstić information content (AvgIpc) is 2.38. The lowest BCUT2D eigenvalue weighted by molar-refractivity contribution is -0.384. The molecule has 0 spiro atoms. The number of nitro groups is 1. The Bertz CT molecular complexity index is 520. The van der Waals surface area contributed by atoms with E-state index in [-0.39, 0.29) is 18.3 Å². The molecule has 1 heterocycles. The number of allylic oxidation sites excluding steroid dienone is 1. The van der Waals surface area contributed by atoms with Crippen LogP contribution in [0.2, 0.25) is 0 Å². The van der Waals surface area contributed by atoms with E-state index < -0.39 is 22.2 Å². The Hall–Kier alpha value is -2.18. The highest BCUT2D eigenvalue weighted by Gasteiger charge is 2.21. The summed E-state index contributed by atoms with van der Waals surface area (Å²) in [7, 11) is 0. The summed E-state index contributed by atoms with van der Waals surface area (Å²) in [5.41, 5.74) is -0.937. The summed E-state index contributed by atoms with van der Waals surface area (Å²) in [6, 6.07) is 1.30. The van der Waals surface area contributed by atoms with E-state index in [4.69, 9.17) is 4.74 Å². The number of hydrogen-bond acceptors (Lipinski definition) is 4. The van der Waals surface area contributed by atoms with Crippen LogP contribution in [0.15, 0.2) is 24.5 Å². The van der Waals surface area contributed by atoms with Crippen molar-refractivity contribution in [2.24, 2.45) is 0 Å². The molecule has 0 saturated carbocycles. The average molecular weight is 270 g/mol. The minimum Gasteiger partial charge on any atom is -0.497 e. The maximum atomic E-state index is 13.6. The van der Waals surface area contributed by atoms with Gasteiger partial charge >= 0.3 is 0 Å². The molecule has 1 aliphatic rings. The summed E-state index contributed by atoms with van der Waals surface area (Å²) in [5.74, 6) is -1.97. The summed E-state index contributed by atoms with van der Waals surface area (Å²) in [6.07, 6.45) is 4.79. The third-order valence-electron chi connectivity index (χ3n) is 2.76. The maximum absolute atomic E-state index is 13.6. The van der Waals surface area contributed by atoms with E-state index in [9.17, 15) is 18.9 Å². The Morgan fingerprint density at radius 2 is 2.26 bits per heavy atom. The van der Waals surface area contributed by atoms with Crippen molar-refractivity contribution in [3.8, 4) is 0 Å². The maximum Gasteiger partial charge on any atom is 0.298 e. The first-order valence-corrected chi connectivity index (χ1v) is 5.75. The number of hydrogen-bond donors (Lipinski definition) is 1. The van der Waals surface area contributed by atoms with Crippen LogP contribution in [0.5, 0.6) is 0 Å². The van der Waals surface area contributed by atoms with Gasteiger partial charge in [0.25, 0.3) is 5.69 Å². The molecule has 19 heavy (non-hydrogen) atoms. The number of ether oxygens (including phenoxy) is 1. The number of anilines is 1. The smallest absolute Gasteiger partial charge is 0.298 e. The Balaban J connectivity index is 2.14. The molecule has 1 aromatic rings. The van der Waals surface area contributed by atoms with E-state index in [0.717, 1.165) is 12.8 Å². The number of benzene rings is 1. The minimum atomic E-state index is -0.988. The van der Waals surface area contributed by atoms with Gasteiger partial charge in [0, 0.05) is 6.07 Å². The number of nitro benzene ring substituents is 1. The molecule has 2 rings (SSSR count). The molecule has 0 aromatic heterocycles. The summed E-state index contributed by atoms with van der Waals surface area (Å²) < 4.78 is 31.8. The number of rotatable bonds is 4. The highest BCUT2D eigenvalue weighted by atomic mass is 19.1. The third kappa shape index (κ3) is 3.18. The fourth-order valence-corrected chi connectivity index (χ4v) is 1.83. The quantitative estimate of drug-likeness (QED) is 0.674. The van der Waals surface area contributed by atoms with Gasteiger partial charge in [-0.2, -0.15) is 0 Å². The van der Waals surface area contributed by atoms with Gasteiger partial charge in [0.15, 0.2) is 5.82 Å². The summed E-state index contributed by atoms with van der Waals surface area (Å²) >= 11 is 0. The summed E-state index contributed by atoms with van der Waals surface area (Å²) in [4.78, 5) is 9.94. The molecule has 0 radical (unpaired) electrons. The van der Waals surface area contributed by atoms with Crippen molar-refractivity contribution in [2.75, 3.05) is 11.9 Å². The zero-order valence-electron chi connectivity index (χ0n) is 9.94. The van der Waals surface area contributed by atoms with E-state index in [0.29, 0.717) is 12.1 Å². The predicted octanol–water partition coefficient (Wildman–Crippen LogP) is 2.98. The molecule has 0 saturated heterocycles. The Morgan fingerprint density at radius 1 is 1.47 bits per heavy atom. The topological polar surface area (TPSA) is 64.4 Å². The van der Waals surface area contributed by atoms with Gasteiger partial charge in [-0.05, 0) is 18.9 Å². The van der Waals surface area contributed by atoms with Crippen LogP contribution in [0.4, 0.5) is 20.2 Å². The summed E-state index contributed by atoms with van der Waals surface area (Å²) in [6.45, 7) is 0.216. The molecule has 7 heteroatoms. The van der Waals surface area contributed by atoms with Crippen LogP contribution >= 0.6 is 0 Å². The van der Waals surface area contributed by atoms with Crippen molar-refractivity contribution in [2.45, 2.75) is 18.9 Å². The van der Waals surface area contributed by atoms with E-state index in [1.54, 1.807) is 6.26 Å². The monoisotopic (exact) mass is 270 g/mol. The SMILES string of the molecule is O=[N+]([O-])c1cc(F)cc(F)c1NCC1CCC=CO1. The van der Waals surface area contributed by atoms with Crippen molar-refractivity contribution in [3.63, 3.8) is 0 Å². The zero-order valence-corrected chi connectivity index (χ0v) is 9.94. The fourth-order valence-electron chi connectivity index (χ4n) is 1.83. The molecule has 1 N–H and O–H groups in total. The van der Waals surface area contributed by atoms with Crippen molar-refractivity contribution >= 4 is 11.4 Å². The van der Waals surface area contributed by atoms with Gasteiger partial charge in [0.2, 0.25) is 0 Å². The van der Waals surface area contributed by atoms with E-state index in [1.807, 2.05) is 6.08 Å². The normalized spacial score (nSPS) is 17.9. The van der Waals surface area contributed by atoms with Gasteiger partial charge in [-0.25, -0.2) is 8.78 Å². The van der Waals surface area contributed by atoms with Gasteiger partial charge in [-0.1, -0.05) is 0 Å². The lowest BCUT2D eigenvalue weighted by atomic mass is 10.1. The molecule has 1 atom stereocenters. The second-order valence-electron chi connectivity index (χ2n) is 4.13. The van der Waals surface area contributed by atoms with Crippen molar-refractivity contribution < 1.29 is 18.4 Å². The molecular weight excluding hydrogens is 258 g/mol. The predicted molar refractivity (Wildman–Crippen MR) is 64.7 cm³/mol. The van der Waals surface area contributed by atoms with Crippen LogP contribution in [0.3, 0.4) is 0 Å². The molecule has 1 unspecified atom stereocenters. The third-order valence-corrected chi connectivity index (χ3v) is 2.76. The van der Waals surface area contributed by atoms with Crippen LogP contribution in [0.25, 0.3) is 0 Å². The van der Waals surface area contributed by atoms with E-state index in [1.165, 1.54) is 0 Å². The van der Waals surface area contributed by atoms with Gasteiger partial charge in [-0.15, -0.1) is 0 Å². The van der Waals surface area contributed by atoms with E-state index in [2.05, 4.69) is 5.32 Å². The highest BCUT2D eigenvalue weighted by Crippen LogP contribution is 2.29. The van der Waals surface area contributed by atoms with Crippen LogP contribution in [-0.4, -0.2) is 17.6 Å². The van der Waals surface area contributed by atoms with Crippen LogP contribution in [0.1, 0.15) is 12.8 Å². The molecule has 0 amide bonds. The molecule has 0 bridgehead atoms. The molecule has 0 fully saturated rings. The Kier molecular flexibility index (Phi) is 3.94. The largest absolute Gasteiger partial charge is 0.497 e. The van der Waals surface area contributed by atoms with Crippen LogP contribution in [0, 0.1) is 21.7 Å². The molecular formula is C12H12F2N2O3. The lowest BCUT2D eigenvalue weighted by Crippen LogP contribution is -2.23. The van der Waals surface area contributed by atoms with Gasteiger partial charge in [0.1, 0.15) is 17.6 Å². The molecule has 1 aromatic carbocycles. The number of nitrogens with zero attached hydrogens (tertiary/aromatic N) is 1. The Labute approximate surface area is 108 Å². The van der Waals surface area contributed by atoms with Gasteiger partial charge in [0.05, 0.1) is 23.8 Å². The standard InChI is InChI=1S/C12H12F2N2O3/c13-8-5-10(14)12(11(6-8)16(17)18)15-7-9-3-1-2-4-19-9/h2,4-6,9,15H,1,3,7H2. The first kappa shape index (κ1) is 13.3. The van der Waals surface area contributed by atoms with Crippen LogP contribution in [-0.2, 0) is 4.74 Å². The number of halogens is 2. The van der Waals surface area contributed by atoms with Gasteiger partial charge in [-0.3, -0.25) is 10.1 Å². The second-order valence-corrected chi connectivity index (χ2v) is 4.13. The molecule has 5 nitrogen and oxygen atoms in total. The Morgan fingerprint density at radius 3 is 2.89 bits per heavy atom. The summed E-state index contributed by atoms with van der Waals surface area (Å²) in [5, 5.41) is 13.4. The highest BCUT2D eigenvalue weighted by molar-refractivity contribution is 5.62. The number of nitrogens with one attached hydrogen (secondary N) is 1. The second kappa shape index (κ2) is 5.64. The lowest BCUT2D eigenvalue weighted by Gasteiger charge is -2.20. The van der Waals surface area contributed by atoms with Crippen molar-refractivity contribution in [1.82, 2.24) is 0 Å². The zero-order chi connectivity index (χ0) is 13.8. The van der Waals surface area contributed by atoms with Crippen molar-refractivity contribution in [1.29, 1.82) is 0 Å². The van der Waals surface area contributed by atoms with Crippen LogP contribution < -0.4 is 5.32 Å². The molecule has 1 aliphatic heterocycles. The first-order chi connectivity index (χ1) is 9.08. The van der Waals surface area contributed by atoms with E-state index >= 15 is 0 Å². The van der Waals surface area contributed by atoms with Crippen molar-refractivity contribution in [3.05, 3.63) is 46.2 Å². The molecule has 0 aliphatic carbocycles. The van der Waals surface area contributed by atoms with Gasteiger partial charge < -0.3 is 10.1 Å². The molecule has 102 valence electrons. The first-order valence-electron chi connectivity index (χ1n) is 5.75. The fraction of sp³-hybridized carbons (Fsp3) is 0.333. The minimum absolute atomic E-state index is 0.186.